The van der Waals surface area contributed by atoms with Gasteiger partial charge in [0.1, 0.15) is 5.82 Å². The molecule has 1 saturated carbocycles. The Morgan fingerprint density at radius 1 is 1.28 bits per heavy atom. The number of hydrogen-bond donors (Lipinski definition) is 1. The summed E-state index contributed by atoms with van der Waals surface area (Å²) in [6.07, 6.45) is 5.19. The van der Waals surface area contributed by atoms with Crippen molar-refractivity contribution >= 4 is 28.5 Å². The van der Waals surface area contributed by atoms with Gasteiger partial charge in [0, 0.05) is 11.7 Å². The molecule has 0 amide bonds. The Balaban J connectivity index is 1.92. The van der Waals surface area contributed by atoms with Gasteiger partial charge in [-0.15, -0.1) is 0 Å². The zero-order valence-electron chi connectivity index (χ0n) is 10.3. The molecule has 4 heteroatoms. The van der Waals surface area contributed by atoms with Crippen molar-refractivity contribution in [3.63, 3.8) is 0 Å². The molecule has 1 aliphatic carbocycles. The molecule has 1 saturated heterocycles. The second kappa shape index (κ2) is 3.92. The van der Waals surface area contributed by atoms with E-state index in [0.717, 1.165) is 11.2 Å². The smallest absolute Gasteiger partial charge is 0.123 e. The van der Waals surface area contributed by atoms with Crippen LogP contribution in [0.5, 0.6) is 0 Å². The normalized spacial score (nSPS) is 23.9. The first-order valence-corrected chi connectivity index (χ1v) is 7.77. The van der Waals surface area contributed by atoms with Crippen molar-refractivity contribution in [2.24, 2.45) is 0 Å². The van der Waals surface area contributed by atoms with Crippen LogP contribution in [0.15, 0.2) is 18.2 Å². The number of hydrogen-bond acceptors (Lipinski definition) is 3. The first-order valence-electron chi connectivity index (χ1n) is 6.72. The summed E-state index contributed by atoms with van der Waals surface area (Å²) >= 11 is 2.06. The van der Waals surface area contributed by atoms with Crippen LogP contribution in [-0.4, -0.2) is 15.3 Å². The van der Waals surface area contributed by atoms with Crippen LogP contribution in [0.25, 0.3) is 11.0 Å². The summed E-state index contributed by atoms with van der Waals surface area (Å²) in [5, 5.41) is 0.597. The van der Waals surface area contributed by atoms with Gasteiger partial charge in [0.05, 0.1) is 16.3 Å². The van der Waals surface area contributed by atoms with Crippen molar-refractivity contribution in [3.05, 3.63) is 24.0 Å². The number of imidazole rings is 1. The van der Waals surface area contributed by atoms with E-state index in [1.807, 2.05) is 6.07 Å². The van der Waals surface area contributed by atoms with Gasteiger partial charge in [0.2, 0.25) is 0 Å². The van der Waals surface area contributed by atoms with Crippen LogP contribution in [-0.2, 0) is 0 Å². The number of nitrogens with zero attached hydrogens (tertiary/aromatic N) is 2. The zero-order chi connectivity index (χ0) is 12.1. The minimum atomic E-state index is 0.597. The van der Waals surface area contributed by atoms with E-state index < -0.39 is 0 Å². The van der Waals surface area contributed by atoms with Crippen molar-refractivity contribution in [1.82, 2.24) is 9.55 Å². The minimum absolute atomic E-state index is 0.597. The molecule has 0 radical (unpaired) electrons. The van der Waals surface area contributed by atoms with Crippen LogP contribution in [0.3, 0.4) is 0 Å². The standard InChI is InChI=1S/C14H17N3S/c15-9-3-6-11-12(8-9)17(10-4-5-10)14(16-11)13-2-1-7-18-13/h3,6,8,10,13H,1-2,4-5,7,15H2. The van der Waals surface area contributed by atoms with E-state index in [4.69, 9.17) is 10.7 Å². The summed E-state index contributed by atoms with van der Waals surface area (Å²) in [7, 11) is 0. The first kappa shape index (κ1) is 10.7. The molecular weight excluding hydrogens is 242 g/mol. The van der Waals surface area contributed by atoms with Crippen LogP contribution in [0.4, 0.5) is 5.69 Å². The van der Waals surface area contributed by atoms with E-state index in [-0.39, 0.29) is 0 Å². The van der Waals surface area contributed by atoms with Crippen LogP contribution in [0, 0.1) is 0 Å². The fourth-order valence-corrected chi connectivity index (χ4v) is 4.12. The molecule has 94 valence electrons. The highest BCUT2D eigenvalue weighted by atomic mass is 32.2. The summed E-state index contributed by atoms with van der Waals surface area (Å²) < 4.78 is 2.47. The molecule has 1 aromatic heterocycles. The summed E-state index contributed by atoms with van der Waals surface area (Å²) in [6, 6.07) is 6.78. The number of fused-ring (bicyclic) bond motifs is 1. The third-order valence-electron chi connectivity index (χ3n) is 3.87. The van der Waals surface area contributed by atoms with Gasteiger partial charge in [-0.3, -0.25) is 0 Å². The minimum Gasteiger partial charge on any atom is -0.399 e. The lowest BCUT2D eigenvalue weighted by Crippen LogP contribution is -2.03. The van der Waals surface area contributed by atoms with Crippen molar-refractivity contribution < 1.29 is 0 Å². The van der Waals surface area contributed by atoms with Crippen molar-refractivity contribution in [1.29, 1.82) is 0 Å². The molecule has 2 aliphatic rings. The van der Waals surface area contributed by atoms with Gasteiger partial charge in [0.15, 0.2) is 0 Å². The van der Waals surface area contributed by atoms with Crippen LogP contribution < -0.4 is 5.73 Å². The Morgan fingerprint density at radius 3 is 2.89 bits per heavy atom. The predicted octanol–water partition coefficient (Wildman–Crippen LogP) is 3.52. The number of nitrogen functional groups attached to an aromatic ring is 1. The molecule has 1 aliphatic heterocycles. The Morgan fingerprint density at radius 2 is 2.17 bits per heavy atom. The average Bonchev–Trinajstić information content (AvgIpc) is 2.93. The van der Waals surface area contributed by atoms with Crippen LogP contribution >= 0.6 is 11.8 Å². The molecule has 1 aromatic carbocycles. The Hall–Kier alpha value is -1.16. The largest absolute Gasteiger partial charge is 0.399 e. The third-order valence-corrected chi connectivity index (χ3v) is 5.24. The quantitative estimate of drug-likeness (QED) is 0.839. The summed E-state index contributed by atoms with van der Waals surface area (Å²) in [6.45, 7) is 0. The average molecular weight is 259 g/mol. The van der Waals surface area contributed by atoms with E-state index in [2.05, 4.69) is 28.5 Å². The maximum absolute atomic E-state index is 5.93. The Kier molecular flexibility index (Phi) is 2.34. The third kappa shape index (κ3) is 1.62. The van der Waals surface area contributed by atoms with E-state index in [1.54, 1.807) is 0 Å². The van der Waals surface area contributed by atoms with Crippen LogP contribution in [0.2, 0.25) is 0 Å². The van der Waals surface area contributed by atoms with Gasteiger partial charge in [-0.2, -0.15) is 11.8 Å². The molecule has 0 bridgehead atoms. The topological polar surface area (TPSA) is 43.8 Å². The predicted molar refractivity (Wildman–Crippen MR) is 76.8 cm³/mol. The number of benzene rings is 1. The van der Waals surface area contributed by atoms with Gasteiger partial charge in [-0.1, -0.05) is 0 Å². The highest BCUT2D eigenvalue weighted by Crippen LogP contribution is 2.46. The Labute approximate surface area is 111 Å². The maximum atomic E-state index is 5.93. The molecule has 3 nitrogen and oxygen atoms in total. The Bertz CT molecular complexity index is 594. The molecule has 2 aromatic rings. The fraction of sp³-hybridized carbons (Fsp3) is 0.500. The lowest BCUT2D eigenvalue weighted by molar-refractivity contribution is 0.671. The van der Waals surface area contributed by atoms with Gasteiger partial charge in [0.25, 0.3) is 0 Å². The monoisotopic (exact) mass is 259 g/mol. The molecule has 1 unspecified atom stereocenters. The van der Waals surface area contributed by atoms with Crippen molar-refractivity contribution in [2.45, 2.75) is 37.0 Å². The molecule has 2 fully saturated rings. The second-order valence-corrected chi connectivity index (χ2v) is 6.63. The molecule has 1 atom stereocenters. The number of thioether (sulfide) groups is 1. The summed E-state index contributed by atoms with van der Waals surface area (Å²) in [4.78, 5) is 4.88. The maximum Gasteiger partial charge on any atom is 0.123 e. The lowest BCUT2D eigenvalue weighted by atomic mass is 10.2. The molecule has 4 rings (SSSR count). The van der Waals surface area contributed by atoms with E-state index in [0.29, 0.717) is 11.3 Å². The van der Waals surface area contributed by atoms with Gasteiger partial charge < -0.3 is 10.3 Å². The van der Waals surface area contributed by atoms with Crippen molar-refractivity contribution in [2.75, 3.05) is 11.5 Å². The van der Waals surface area contributed by atoms with Gasteiger partial charge in [-0.05, 0) is 49.6 Å². The van der Waals surface area contributed by atoms with Crippen molar-refractivity contribution in [3.8, 4) is 0 Å². The molecule has 0 spiro atoms. The summed E-state index contributed by atoms with van der Waals surface area (Å²) in [5.74, 6) is 2.57. The highest BCUT2D eigenvalue weighted by molar-refractivity contribution is 7.99. The zero-order valence-corrected chi connectivity index (χ0v) is 11.1. The van der Waals surface area contributed by atoms with Gasteiger partial charge in [-0.25, -0.2) is 4.98 Å². The highest BCUT2D eigenvalue weighted by Gasteiger charge is 2.32. The lowest BCUT2D eigenvalue weighted by Gasteiger charge is -2.12. The molecular formula is C14H17N3S. The van der Waals surface area contributed by atoms with E-state index >= 15 is 0 Å². The second-order valence-electron chi connectivity index (χ2n) is 5.32. The first-order chi connectivity index (χ1) is 8.83. The number of rotatable bonds is 2. The fourth-order valence-electron chi connectivity index (χ4n) is 2.85. The SMILES string of the molecule is Nc1ccc2nc(C3CCCS3)n(C3CC3)c2c1. The summed E-state index contributed by atoms with van der Waals surface area (Å²) in [5.41, 5.74) is 9.12. The molecule has 2 N–H and O–H groups in total. The number of aromatic nitrogens is 2. The molecule has 2 heterocycles. The van der Waals surface area contributed by atoms with Gasteiger partial charge >= 0.3 is 0 Å². The van der Waals surface area contributed by atoms with Crippen LogP contribution in [0.1, 0.15) is 42.8 Å². The van der Waals surface area contributed by atoms with E-state index in [1.165, 1.54) is 42.8 Å². The molecule has 18 heavy (non-hydrogen) atoms. The number of nitrogens with two attached hydrogens (primary N) is 1. The number of anilines is 1. The van der Waals surface area contributed by atoms with E-state index in [9.17, 15) is 0 Å².